The monoisotopic (exact) mass is 552 g/mol. The summed E-state index contributed by atoms with van der Waals surface area (Å²) in [4.78, 5) is 12.7. The van der Waals surface area contributed by atoms with Crippen LogP contribution in [0.4, 0.5) is 5.69 Å². The first-order valence-electron chi connectivity index (χ1n) is 11.4. The number of amides is 1. The number of carbonyl (C=O) groups excluding carboxylic acids is 1. The van der Waals surface area contributed by atoms with Gasteiger partial charge in [0.2, 0.25) is 0 Å². The van der Waals surface area contributed by atoms with Crippen molar-refractivity contribution >= 4 is 39.4 Å². The molecule has 0 aromatic heterocycles. The van der Waals surface area contributed by atoms with Crippen LogP contribution in [0.2, 0.25) is 5.02 Å². The minimum absolute atomic E-state index is 0.0307. The summed E-state index contributed by atoms with van der Waals surface area (Å²) in [5.74, 6) is 0.101. The molecule has 0 saturated carbocycles. The second-order valence-corrected chi connectivity index (χ2v) is 9.76. The second-order valence-electron chi connectivity index (χ2n) is 7.78. The number of carbonyl (C=O) groups is 1. The van der Waals surface area contributed by atoms with Crippen molar-refractivity contribution in [2.75, 3.05) is 19.0 Å². The van der Waals surface area contributed by atoms with Gasteiger partial charge in [-0.05, 0) is 85.6 Å². The third-order valence-corrected chi connectivity index (χ3v) is 6.62. The van der Waals surface area contributed by atoms with E-state index in [2.05, 4.69) is 11.9 Å². The van der Waals surface area contributed by atoms with Crippen LogP contribution in [-0.4, -0.2) is 28.0 Å². The lowest BCUT2D eigenvalue weighted by Gasteiger charge is -2.16. The number of ether oxygens (including phenoxy) is 2. The number of benzene rings is 3. The molecule has 3 aromatic carbocycles. The van der Waals surface area contributed by atoms with E-state index in [0.717, 1.165) is 0 Å². The maximum atomic E-state index is 12.9. The zero-order chi connectivity index (χ0) is 27.7. The van der Waals surface area contributed by atoms with Gasteiger partial charge in [0.15, 0.2) is 11.5 Å². The molecule has 1 N–H and O–H groups in total. The van der Waals surface area contributed by atoms with Crippen molar-refractivity contribution in [2.45, 2.75) is 18.2 Å². The van der Waals surface area contributed by atoms with Crippen molar-refractivity contribution in [2.24, 2.45) is 0 Å². The van der Waals surface area contributed by atoms with E-state index >= 15 is 0 Å². The lowest BCUT2D eigenvalue weighted by Crippen LogP contribution is -2.13. The maximum absolute atomic E-state index is 12.9. The summed E-state index contributed by atoms with van der Waals surface area (Å²) < 4.78 is 42.1. The van der Waals surface area contributed by atoms with E-state index < -0.39 is 16.0 Å². The Kier molecular flexibility index (Phi) is 9.55. The van der Waals surface area contributed by atoms with Crippen LogP contribution in [0.15, 0.2) is 83.8 Å². The molecule has 1 amide bonds. The van der Waals surface area contributed by atoms with E-state index in [4.69, 9.17) is 25.3 Å². The van der Waals surface area contributed by atoms with Crippen LogP contribution in [0.5, 0.6) is 17.2 Å². The summed E-state index contributed by atoms with van der Waals surface area (Å²) in [6.45, 7) is 6.10. The molecule has 0 fully saturated rings. The minimum Gasteiger partial charge on any atom is -0.494 e. The van der Waals surface area contributed by atoms with Gasteiger partial charge in [0.1, 0.15) is 22.3 Å². The third-order valence-electron chi connectivity index (χ3n) is 5.13. The molecule has 3 rings (SSSR count). The zero-order valence-electron chi connectivity index (χ0n) is 20.7. The molecule has 0 heterocycles. The summed E-state index contributed by atoms with van der Waals surface area (Å²) in [7, 11) is -2.86. The van der Waals surface area contributed by atoms with Crippen molar-refractivity contribution in [1.29, 1.82) is 5.26 Å². The first-order valence-corrected chi connectivity index (χ1v) is 13.2. The van der Waals surface area contributed by atoms with Gasteiger partial charge in [-0.3, -0.25) is 4.79 Å². The van der Waals surface area contributed by atoms with Crippen LogP contribution in [-0.2, 0) is 21.3 Å². The average molecular weight is 553 g/mol. The Morgan fingerprint density at radius 3 is 2.39 bits per heavy atom. The number of anilines is 1. The minimum atomic E-state index is -4.21. The fourth-order valence-electron chi connectivity index (χ4n) is 3.39. The number of nitrogens with one attached hydrogen (secondary N) is 1. The fraction of sp³-hybridized carbons (Fsp3) is 0.143. The molecule has 38 heavy (non-hydrogen) atoms. The molecular weight excluding hydrogens is 528 g/mol. The van der Waals surface area contributed by atoms with Crippen molar-refractivity contribution in [3.63, 3.8) is 0 Å². The predicted octanol–water partition coefficient (Wildman–Crippen LogP) is 5.79. The Balaban J connectivity index is 1.94. The molecule has 0 aliphatic carbocycles. The first-order chi connectivity index (χ1) is 18.2. The first kappa shape index (κ1) is 28.3. The van der Waals surface area contributed by atoms with Crippen LogP contribution < -0.4 is 19.0 Å². The molecule has 3 aromatic rings. The van der Waals surface area contributed by atoms with Gasteiger partial charge >= 0.3 is 10.1 Å². The lowest BCUT2D eigenvalue weighted by molar-refractivity contribution is -0.112. The van der Waals surface area contributed by atoms with Gasteiger partial charge in [-0.1, -0.05) is 17.7 Å². The Hall–Kier alpha value is -4.26. The van der Waals surface area contributed by atoms with Crippen molar-refractivity contribution < 1.29 is 26.9 Å². The Labute approximate surface area is 226 Å². The Morgan fingerprint density at radius 1 is 1.13 bits per heavy atom. The van der Waals surface area contributed by atoms with Gasteiger partial charge in [0.05, 0.1) is 13.7 Å². The van der Waals surface area contributed by atoms with Crippen molar-refractivity contribution in [1.82, 2.24) is 0 Å². The van der Waals surface area contributed by atoms with Gasteiger partial charge in [0.25, 0.3) is 5.91 Å². The van der Waals surface area contributed by atoms with Crippen LogP contribution >= 0.6 is 11.6 Å². The van der Waals surface area contributed by atoms with E-state index in [1.54, 1.807) is 36.4 Å². The number of allylic oxidation sites excluding steroid dienone is 1. The molecule has 0 unspecified atom stereocenters. The molecule has 10 heteroatoms. The van der Waals surface area contributed by atoms with Crippen LogP contribution in [0.1, 0.15) is 18.1 Å². The summed E-state index contributed by atoms with van der Waals surface area (Å²) in [5, 5.41) is 12.7. The lowest BCUT2D eigenvalue weighted by atomic mass is 10.0. The van der Waals surface area contributed by atoms with E-state index in [9.17, 15) is 18.5 Å². The summed E-state index contributed by atoms with van der Waals surface area (Å²) in [6.07, 6.45) is 3.16. The molecule has 0 saturated heterocycles. The smallest absolute Gasteiger partial charge is 0.339 e. The highest BCUT2D eigenvalue weighted by molar-refractivity contribution is 7.87. The maximum Gasteiger partial charge on any atom is 0.339 e. The highest BCUT2D eigenvalue weighted by Crippen LogP contribution is 2.36. The number of nitrogens with zero attached hydrogens (tertiary/aromatic N) is 1. The quantitative estimate of drug-likeness (QED) is 0.138. The topological polar surface area (TPSA) is 115 Å². The average Bonchev–Trinajstić information content (AvgIpc) is 2.90. The van der Waals surface area contributed by atoms with Gasteiger partial charge in [-0.25, -0.2) is 0 Å². The molecule has 196 valence electrons. The fourth-order valence-corrected chi connectivity index (χ4v) is 4.49. The summed E-state index contributed by atoms with van der Waals surface area (Å²) in [6, 6.07) is 17.2. The molecular formula is C28H25ClN2O6S. The number of rotatable bonds is 11. The molecule has 0 spiro atoms. The Morgan fingerprint density at radius 2 is 1.82 bits per heavy atom. The standard InChI is InChI=1S/C28H25ClN2O6S/c1-4-6-20-15-19(16-21(18-30)28(32)31-23-9-11-24(12-10-23)36-5-2)17-26(35-3)27(20)37-38(33,34)25-13-7-22(29)8-14-25/h4,7-17H,1,5-6H2,2-3H3,(H,31,32)/b21-16+. The van der Waals surface area contributed by atoms with E-state index in [-0.39, 0.29) is 28.4 Å². The normalized spacial score (nSPS) is 11.3. The third kappa shape index (κ3) is 7.16. The van der Waals surface area contributed by atoms with E-state index in [1.807, 2.05) is 13.0 Å². The molecule has 0 aliphatic heterocycles. The van der Waals surface area contributed by atoms with Gasteiger partial charge in [-0.2, -0.15) is 13.7 Å². The Bertz CT molecular complexity index is 1490. The second kappa shape index (κ2) is 12.8. The molecule has 8 nitrogen and oxygen atoms in total. The van der Waals surface area contributed by atoms with Gasteiger partial charge in [0, 0.05) is 16.3 Å². The SMILES string of the molecule is C=CCc1cc(/C=C(\C#N)C(=O)Nc2ccc(OCC)cc2)cc(OC)c1OS(=O)(=O)c1ccc(Cl)cc1. The molecule has 0 atom stereocenters. The van der Waals surface area contributed by atoms with Gasteiger partial charge < -0.3 is 19.0 Å². The molecule has 0 aliphatic rings. The number of methoxy groups -OCH3 is 1. The number of hydrogen-bond acceptors (Lipinski definition) is 7. The highest BCUT2D eigenvalue weighted by atomic mass is 35.5. The van der Waals surface area contributed by atoms with Crippen molar-refractivity contribution in [3.05, 3.63) is 95.0 Å². The summed E-state index contributed by atoms with van der Waals surface area (Å²) >= 11 is 5.86. The number of hydrogen-bond donors (Lipinski definition) is 1. The largest absolute Gasteiger partial charge is 0.494 e. The van der Waals surface area contributed by atoms with E-state index in [0.29, 0.717) is 34.2 Å². The van der Waals surface area contributed by atoms with Crippen molar-refractivity contribution in [3.8, 4) is 23.3 Å². The number of nitriles is 1. The van der Waals surface area contributed by atoms with E-state index in [1.165, 1.54) is 43.5 Å². The number of halogens is 1. The van der Waals surface area contributed by atoms with Crippen LogP contribution in [0.25, 0.3) is 6.08 Å². The molecule has 0 bridgehead atoms. The molecule has 0 radical (unpaired) electrons. The highest BCUT2D eigenvalue weighted by Gasteiger charge is 2.22. The predicted molar refractivity (Wildman–Crippen MR) is 146 cm³/mol. The van der Waals surface area contributed by atoms with Crippen LogP contribution in [0.3, 0.4) is 0 Å². The summed E-state index contributed by atoms with van der Waals surface area (Å²) in [5.41, 5.74) is 1.16. The zero-order valence-corrected chi connectivity index (χ0v) is 22.3. The van der Waals surface area contributed by atoms with Gasteiger partial charge in [-0.15, -0.1) is 6.58 Å². The van der Waals surface area contributed by atoms with Crippen LogP contribution in [0, 0.1) is 11.3 Å².